The zero-order valence-electron chi connectivity index (χ0n) is 10.5. The third-order valence-electron chi connectivity index (χ3n) is 3.48. The number of nitrogens with zero attached hydrogens (tertiary/aromatic N) is 1. The van der Waals surface area contributed by atoms with E-state index in [9.17, 15) is 4.79 Å². The van der Waals surface area contributed by atoms with Crippen molar-refractivity contribution in [2.45, 2.75) is 12.3 Å². The molecule has 96 valence electrons. The Labute approximate surface area is 110 Å². The number of ether oxygens (including phenoxy) is 1. The number of carbonyl (C=O) groups is 1. The number of carboxylic acid groups (broad SMARTS) is 1. The molecule has 1 atom stereocenters. The molecule has 1 unspecified atom stereocenters. The first-order chi connectivity index (χ1) is 9.20. The van der Waals surface area contributed by atoms with Crippen LogP contribution in [-0.4, -0.2) is 23.2 Å². The average Bonchev–Trinajstić information content (AvgIpc) is 2.72. The molecule has 19 heavy (non-hydrogen) atoms. The van der Waals surface area contributed by atoms with Gasteiger partial charge in [-0.25, -0.2) is 0 Å². The number of aromatic nitrogens is 1. The molecule has 1 aromatic heterocycles. The van der Waals surface area contributed by atoms with Gasteiger partial charge in [0, 0.05) is 17.7 Å². The van der Waals surface area contributed by atoms with Crippen molar-refractivity contribution < 1.29 is 14.6 Å². The summed E-state index contributed by atoms with van der Waals surface area (Å²) in [5, 5.41) is 9.10. The minimum atomic E-state index is -0.810. The summed E-state index contributed by atoms with van der Waals surface area (Å²) in [4.78, 5) is 15.5. The fraction of sp³-hybridized carbons (Fsp3) is 0.200. The van der Waals surface area contributed by atoms with Crippen LogP contribution >= 0.6 is 0 Å². The highest BCUT2D eigenvalue weighted by Crippen LogP contribution is 2.46. The molecule has 0 spiro atoms. The molecule has 0 amide bonds. The zero-order chi connectivity index (χ0) is 13.4. The van der Waals surface area contributed by atoms with E-state index < -0.39 is 5.97 Å². The summed E-state index contributed by atoms with van der Waals surface area (Å²) < 4.78 is 5.22. The first-order valence-corrected chi connectivity index (χ1v) is 6.05. The maximum absolute atomic E-state index is 11.1. The van der Waals surface area contributed by atoms with E-state index in [2.05, 4.69) is 4.98 Å². The van der Waals surface area contributed by atoms with Gasteiger partial charge in [0.25, 0.3) is 0 Å². The lowest BCUT2D eigenvalue weighted by atomic mass is 9.94. The van der Waals surface area contributed by atoms with E-state index >= 15 is 0 Å². The number of hydrogen-bond donors (Lipinski definition) is 1. The minimum Gasteiger partial charge on any atom is -0.497 e. The second-order valence-corrected chi connectivity index (χ2v) is 4.54. The Morgan fingerprint density at radius 3 is 2.95 bits per heavy atom. The van der Waals surface area contributed by atoms with Gasteiger partial charge in [-0.05, 0) is 35.4 Å². The highest BCUT2D eigenvalue weighted by molar-refractivity contribution is 5.80. The van der Waals surface area contributed by atoms with E-state index in [0.717, 1.165) is 28.1 Å². The van der Waals surface area contributed by atoms with Gasteiger partial charge in [0.15, 0.2) is 0 Å². The van der Waals surface area contributed by atoms with Crippen molar-refractivity contribution in [3.05, 3.63) is 47.7 Å². The van der Waals surface area contributed by atoms with E-state index in [4.69, 9.17) is 9.84 Å². The van der Waals surface area contributed by atoms with Gasteiger partial charge in [0.1, 0.15) is 5.75 Å². The molecule has 0 fully saturated rings. The molecule has 4 nitrogen and oxygen atoms in total. The largest absolute Gasteiger partial charge is 0.497 e. The van der Waals surface area contributed by atoms with E-state index in [1.165, 1.54) is 0 Å². The summed E-state index contributed by atoms with van der Waals surface area (Å²) in [5.41, 5.74) is 3.85. The van der Waals surface area contributed by atoms with Crippen LogP contribution in [0, 0.1) is 0 Å². The van der Waals surface area contributed by atoms with Crippen molar-refractivity contribution in [2.24, 2.45) is 0 Å². The molecule has 3 rings (SSSR count). The van der Waals surface area contributed by atoms with Gasteiger partial charge in [-0.15, -0.1) is 0 Å². The van der Waals surface area contributed by atoms with E-state index in [0.29, 0.717) is 0 Å². The predicted octanol–water partition coefficient (Wildman–Crippen LogP) is 2.68. The SMILES string of the molecule is COc1ccc2c(c1)C(CC(=O)O)c1cccnc1-2. The van der Waals surface area contributed by atoms with Gasteiger partial charge in [-0.1, -0.05) is 6.07 Å². The maximum atomic E-state index is 11.1. The van der Waals surface area contributed by atoms with Gasteiger partial charge < -0.3 is 9.84 Å². The molecule has 4 heteroatoms. The Bertz CT molecular complexity index is 652. The molecular formula is C15H13NO3. The summed E-state index contributed by atoms with van der Waals surface area (Å²) in [6.07, 6.45) is 1.80. The Kier molecular flexibility index (Phi) is 2.71. The normalized spacial score (nSPS) is 15.7. The molecule has 0 bridgehead atoms. The van der Waals surface area contributed by atoms with E-state index in [1.54, 1.807) is 13.3 Å². The maximum Gasteiger partial charge on any atom is 0.304 e. The van der Waals surface area contributed by atoms with E-state index in [1.807, 2.05) is 30.3 Å². The molecule has 0 radical (unpaired) electrons. The Morgan fingerprint density at radius 2 is 2.21 bits per heavy atom. The summed E-state index contributed by atoms with van der Waals surface area (Å²) in [6, 6.07) is 9.52. The number of rotatable bonds is 3. The first kappa shape index (κ1) is 11.7. The molecule has 1 aliphatic rings. The second kappa shape index (κ2) is 4.39. The lowest BCUT2D eigenvalue weighted by Gasteiger charge is -2.11. The van der Waals surface area contributed by atoms with Crippen LogP contribution in [0.25, 0.3) is 11.3 Å². The van der Waals surface area contributed by atoms with Gasteiger partial charge in [0.2, 0.25) is 0 Å². The van der Waals surface area contributed by atoms with Crippen LogP contribution in [0.15, 0.2) is 36.5 Å². The number of fused-ring (bicyclic) bond motifs is 3. The average molecular weight is 255 g/mol. The van der Waals surface area contributed by atoms with Crippen molar-refractivity contribution in [2.75, 3.05) is 7.11 Å². The molecule has 1 aromatic carbocycles. The quantitative estimate of drug-likeness (QED) is 0.916. The molecule has 1 N–H and O–H groups in total. The summed E-state index contributed by atoms with van der Waals surface area (Å²) in [5.74, 6) is -0.219. The van der Waals surface area contributed by atoms with Gasteiger partial charge in [0.05, 0.1) is 19.2 Å². The van der Waals surface area contributed by atoms with Crippen LogP contribution in [-0.2, 0) is 4.79 Å². The van der Waals surface area contributed by atoms with Gasteiger partial charge in [-0.2, -0.15) is 0 Å². The molecular weight excluding hydrogens is 242 g/mol. The standard InChI is InChI=1S/C15H13NO3/c1-19-9-4-5-11-12(7-9)13(8-14(17)18)10-3-2-6-16-15(10)11/h2-7,13H,8H2,1H3,(H,17,18). The third-order valence-corrected chi connectivity index (χ3v) is 3.48. The van der Waals surface area contributed by atoms with Crippen molar-refractivity contribution in [1.82, 2.24) is 4.98 Å². The van der Waals surface area contributed by atoms with Crippen molar-refractivity contribution in [3.63, 3.8) is 0 Å². The van der Waals surface area contributed by atoms with Crippen molar-refractivity contribution in [1.29, 1.82) is 0 Å². The highest BCUT2D eigenvalue weighted by atomic mass is 16.5. The van der Waals surface area contributed by atoms with Crippen molar-refractivity contribution >= 4 is 5.97 Å². The molecule has 1 heterocycles. The van der Waals surface area contributed by atoms with Crippen LogP contribution in [0.2, 0.25) is 0 Å². The first-order valence-electron chi connectivity index (χ1n) is 6.05. The number of carboxylic acids is 1. The molecule has 0 aliphatic heterocycles. The Balaban J connectivity index is 2.18. The fourth-order valence-corrected chi connectivity index (χ4v) is 2.66. The molecule has 1 aliphatic carbocycles. The number of hydrogen-bond acceptors (Lipinski definition) is 3. The van der Waals surface area contributed by atoms with E-state index in [-0.39, 0.29) is 12.3 Å². The molecule has 0 saturated heterocycles. The number of methoxy groups -OCH3 is 1. The lowest BCUT2D eigenvalue weighted by Crippen LogP contribution is -2.05. The summed E-state index contributed by atoms with van der Waals surface area (Å²) in [6.45, 7) is 0. The molecule has 2 aromatic rings. The lowest BCUT2D eigenvalue weighted by molar-refractivity contribution is -0.137. The summed E-state index contributed by atoms with van der Waals surface area (Å²) in [7, 11) is 1.61. The monoisotopic (exact) mass is 255 g/mol. The predicted molar refractivity (Wildman–Crippen MR) is 70.3 cm³/mol. The van der Waals surface area contributed by atoms with Crippen LogP contribution in [0.3, 0.4) is 0 Å². The number of pyridine rings is 1. The van der Waals surface area contributed by atoms with Crippen LogP contribution in [0.4, 0.5) is 0 Å². The van der Waals surface area contributed by atoms with Crippen molar-refractivity contribution in [3.8, 4) is 17.0 Å². The third kappa shape index (κ3) is 1.85. The van der Waals surface area contributed by atoms with Crippen LogP contribution in [0.5, 0.6) is 5.75 Å². The Hall–Kier alpha value is -2.36. The Morgan fingerprint density at radius 1 is 1.37 bits per heavy atom. The van der Waals surface area contributed by atoms with Crippen LogP contribution in [0.1, 0.15) is 23.5 Å². The summed E-state index contributed by atoms with van der Waals surface area (Å²) >= 11 is 0. The highest BCUT2D eigenvalue weighted by Gasteiger charge is 2.31. The van der Waals surface area contributed by atoms with Gasteiger partial charge in [-0.3, -0.25) is 9.78 Å². The zero-order valence-corrected chi connectivity index (χ0v) is 10.5. The fourth-order valence-electron chi connectivity index (χ4n) is 2.66. The van der Waals surface area contributed by atoms with Crippen LogP contribution < -0.4 is 4.74 Å². The second-order valence-electron chi connectivity index (χ2n) is 4.54. The topological polar surface area (TPSA) is 59.4 Å². The smallest absolute Gasteiger partial charge is 0.304 e. The van der Waals surface area contributed by atoms with Gasteiger partial charge >= 0.3 is 5.97 Å². The molecule has 0 saturated carbocycles. The minimum absolute atomic E-state index is 0.0683. The number of aliphatic carboxylic acids is 1. The number of benzene rings is 1.